The first-order valence-corrected chi connectivity index (χ1v) is 9.59. The van der Waals surface area contributed by atoms with E-state index in [-0.39, 0.29) is 24.2 Å². The minimum atomic E-state index is -0.0536. The Labute approximate surface area is 167 Å². The lowest BCUT2D eigenvalue weighted by molar-refractivity contribution is -0.132. The Morgan fingerprint density at radius 1 is 1.22 bits per heavy atom. The molecule has 0 atom stereocenters. The van der Waals surface area contributed by atoms with E-state index in [4.69, 9.17) is 0 Å². The Hall–Kier alpha value is -1.64. The monoisotopic (exact) mass is 398 g/mol. The van der Waals surface area contributed by atoms with E-state index < -0.39 is 0 Å². The van der Waals surface area contributed by atoms with Crippen molar-refractivity contribution in [1.29, 1.82) is 0 Å². The quantitative estimate of drug-likeness (QED) is 0.710. The number of halogens is 1. The van der Waals surface area contributed by atoms with Crippen molar-refractivity contribution in [3.05, 3.63) is 18.0 Å². The minimum absolute atomic E-state index is 0. The molecular weight excluding hydrogens is 368 g/mol. The predicted molar refractivity (Wildman–Crippen MR) is 106 cm³/mol. The van der Waals surface area contributed by atoms with Crippen LogP contribution in [0.15, 0.2) is 12.4 Å². The van der Waals surface area contributed by atoms with Gasteiger partial charge in [-0.3, -0.25) is 14.3 Å². The summed E-state index contributed by atoms with van der Waals surface area (Å²) >= 11 is 0. The summed E-state index contributed by atoms with van der Waals surface area (Å²) in [5, 5.41) is 10.3. The van der Waals surface area contributed by atoms with Gasteiger partial charge in [0.2, 0.25) is 5.91 Å². The largest absolute Gasteiger partial charge is 0.352 e. The van der Waals surface area contributed by atoms with Crippen LogP contribution in [0.2, 0.25) is 0 Å². The molecular formula is C18H31ClN6O2. The Morgan fingerprint density at radius 2 is 1.93 bits per heavy atom. The van der Waals surface area contributed by atoms with Gasteiger partial charge in [0.1, 0.15) is 0 Å². The predicted octanol–water partition coefficient (Wildman–Crippen LogP) is 0.106. The standard InChI is InChI=1S/C18H30N6O2.ClH/c1-22-14-16(13-21-22)18(26)20-12-15-2-7-23(8-3-15)9-4-17(25)24-10-5-19-6-11-24;/h13-15,19H,2-12H2,1H3,(H,20,26);1H. The molecule has 2 amide bonds. The number of piperazine rings is 1. The molecule has 3 heterocycles. The zero-order chi connectivity index (χ0) is 18.4. The molecule has 2 aliphatic heterocycles. The van der Waals surface area contributed by atoms with Crippen LogP contribution in [0.25, 0.3) is 0 Å². The first kappa shape index (κ1) is 21.7. The van der Waals surface area contributed by atoms with E-state index >= 15 is 0 Å². The average molecular weight is 399 g/mol. The summed E-state index contributed by atoms with van der Waals surface area (Å²) in [6.07, 6.45) is 6.06. The number of aryl methyl sites for hydroxylation is 1. The molecule has 1 aromatic heterocycles. The molecule has 2 fully saturated rings. The number of likely N-dealkylation sites (tertiary alicyclic amines) is 1. The summed E-state index contributed by atoms with van der Waals surface area (Å²) in [7, 11) is 1.80. The van der Waals surface area contributed by atoms with E-state index in [0.29, 0.717) is 24.4 Å². The zero-order valence-electron chi connectivity index (χ0n) is 16.0. The Kier molecular flexibility index (Phi) is 8.53. The molecule has 8 nitrogen and oxygen atoms in total. The van der Waals surface area contributed by atoms with E-state index in [1.165, 1.54) is 0 Å². The molecule has 0 bridgehead atoms. The maximum absolute atomic E-state index is 12.2. The number of carbonyl (C=O) groups is 2. The Bertz CT molecular complexity index is 609. The van der Waals surface area contributed by atoms with Crippen LogP contribution < -0.4 is 10.6 Å². The molecule has 1 aromatic rings. The van der Waals surface area contributed by atoms with E-state index in [0.717, 1.165) is 58.7 Å². The highest BCUT2D eigenvalue weighted by molar-refractivity contribution is 5.93. The SMILES string of the molecule is Cl.Cn1cc(C(=O)NCC2CCN(CCC(=O)N3CCNCC3)CC2)cn1. The zero-order valence-corrected chi connectivity index (χ0v) is 16.8. The van der Waals surface area contributed by atoms with Crippen molar-refractivity contribution < 1.29 is 9.59 Å². The lowest BCUT2D eigenvalue weighted by Crippen LogP contribution is -2.47. The first-order valence-electron chi connectivity index (χ1n) is 9.59. The van der Waals surface area contributed by atoms with Crippen LogP contribution >= 0.6 is 12.4 Å². The van der Waals surface area contributed by atoms with Gasteiger partial charge in [-0.25, -0.2) is 0 Å². The van der Waals surface area contributed by atoms with Gasteiger partial charge in [0.25, 0.3) is 5.91 Å². The molecule has 0 aliphatic carbocycles. The van der Waals surface area contributed by atoms with Gasteiger partial charge in [0.15, 0.2) is 0 Å². The number of amides is 2. The summed E-state index contributed by atoms with van der Waals surface area (Å²) in [6.45, 7) is 7.03. The molecule has 152 valence electrons. The smallest absolute Gasteiger partial charge is 0.254 e. The van der Waals surface area contributed by atoms with Crippen LogP contribution in [-0.4, -0.2) is 83.8 Å². The Morgan fingerprint density at radius 3 is 2.56 bits per heavy atom. The molecule has 2 aliphatic rings. The molecule has 0 aromatic carbocycles. The number of rotatable bonds is 6. The highest BCUT2D eigenvalue weighted by atomic mass is 35.5. The van der Waals surface area contributed by atoms with Gasteiger partial charge in [0.05, 0.1) is 11.8 Å². The number of hydrogen-bond acceptors (Lipinski definition) is 5. The van der Waals surface area contributed by atoms with E-state index in [2.05, 4.69) is 20.6 Å². The summed E-state index contributed by atoms with van der Waals surface area (Å²) < 4.78 is 1.63. The van der Waals surface area contributed by atoms with Crippen molar-refractivity contribution in [3.8, 4) is 0 Å². The van der Waals surface area contributed by atoms with Crippen molar-refractivity contribution in [1.82, 2.24) is 30.2 Å². The van der Waals surface area contributed by atoms with Crippen LogP contribution in [0.3, 0.4) is 0 Å². The van der Waals surface area contributed by atoms with Gasteiger partial charge in [-0.05, 0) is 31.8 Å². The van der Waals surface area contributed by atoms with Crippen molar-refractivity contribution in [2.45, 2.75) is 19.3 Å². The highest BCUT2D eigenvalue weighted by Gasteiger charge is 2.22. The van der Waals surface area contributed by atoms with E-state index in [1.54, 1.807) is 24.1 Å². The second-order valence-corrected chi connectivity index (χ2v) is 7.28. The molecule has 3 rings (SSSR count). The number of carbonyl (C=O) groups excluding carboxylic acids is 2. The number of hydrogen-bond donors (Lipinski definition) is 2. The summed E-state index contributed by atoms with van der Waals surface area (Å²) in [4.78, 5) is 28.7. The van der Waals surface area contributed by atoms with Crippen LogP contribution in [0.4, 0.5) is 0 Å². The fourth-order valence-corrected chi connectivity index (χ4v) is 3.62. The van der Waals surface area contributed by atoms with Crippen molar-refractivity contribution in [2.75, 3.05) is 52.4 Å². The molecule has 9 heteroatoms. The second kappa shape index (κ2) is 10.6. The number of nitrogens with one attached hydrogen (secondary N) is 2. The second-order valence-electron chi connectivity index (χ2n) is 7.28. The minimum Gasteiger partial charge on any atom is -0.352 e. The van der Waals surface area contributed by atoms with E-state index in [9.17, 15) is 9.59 Å². The number of piperidine rings is 1. The van der Waals surface area contributed by atoms with Crippen LogP contribution in [-0.2, 0) is 11.8 Å². The molecule has 2 N–H and O–H groups in total. The van der Waals surface area contributed by atoms with Gasteiger partial charge in [0, 0.05) is 58.9 Å². The first-order chi connectivity index (χ1) is 12.6. The van der Waals surface area contributed by atoms with Gasteiger partial charge < -0.3 is 20.4 Å². The van der Waals surface area contributed by atoms with Crippen LogP contribution in [0.1, 0.15) is 29.6 Å². The molecule has 0 unspecified atom stereocenters. The van der Waals surface area contributed by atoms with Gasteiger partial charge in [-0.2, -0.15) is 5.10 Å². The van der Waals surface area contributed by atoms with E-state index in [1.807, 2.05) is 4.90 Å². The molecule has 27 heavy (non-hydrogen) atoms. The van der Waals surface area contributed by atoms with Crippen LogP contribution in [0, 0.1) is 5.92 Å². The molecule has 0 radical (unpaired) electrons. The average Bonchev–Trinajstić information content (AvgIpc) is 3.12. The summed E-state index contributed by atoms with van der Waals surface area (Å²) in [5.41, 5.74) is 0.608. The number of aromatic nitrogens is 2. The lowest BCUT2D eigenvalue weighted by Gasteiger charge is -2.33. The number of nitrogens with zero attached hydrogens (tertiary/aromatic N) is 4. The molecule has 0 saturated carbocycles. The van der Waals surface area contributed by atoms with Crippen molar-refractivity contribution >= 4 is 24.2 Å². The maximum atomic E-state index is 12.2. The normalized spacial score (nSPS) is 18.8. The highest BCUT2D eigenvalue weighted by Crippen LogP contribution is 2.17. The van der Waals surface area contributed by atoms with Crippen LogP contribution in [0.5, 0.6) is 0 Å². The topological polar surface area (TPSA) is 82.5 Å². The molecule has 0 spiro atoms. The van der Waals surface area contributed by atoms with Crippen molar-refractivity contribution in [3.63, 3.8) is 0 Å². The van der Waals surface area contributed by atoms with Gasteiger partial charge in [-0.15, -0.1) is 12.4 Å². The third-order valence-electron chi connectivity index (χ3n) is 5.34. The third-order valence-corrected chi connectivity index (χ3v) is 5.34. The molecule has 2 saturated heterocycles. The fourth-order valence-electron chi connectivity index (χ4n) is 3.62. The van der Waals surface area contributed by atoms with Gasteiger partial charge >= 0.3 is 0 Å². The maximum Gasteiger partial charge on any atom is 0.254 e. The third kappa shape index (κ3) is 6.48. The summed E-state index contributed by atoms with van der Waals surface area (Å²) in [6, 6.07) is 0. The fraction of sp³-hybridized carbons (Fsp3) is 0.722. The van der Waals surface area contributed by atoms with Gasteiger partial charge in [-0.1, -0.05) is 0 Å². The van der Waals surface area contributed by atoms with Crippen molar-refractivity contribution in [2.24, 2.45) is 13.0 Å². The lowest BCUT2D eigenvalue weighted by atomic mass is 9.96. The summed E-state index contributed by atoms with van der Waals surface area (Å²) in [5.74, 6) is 0.732. The Balaban J connectivity index is 0.00000261.